The quantitative estimate of drug-likeness (QED) is 0.115. The van der Waals surface area contributed by atoms with Gasteiger partial charge >= 0.3 is 5.97 Å². The standard InChI is InChI=1S/C37H40N2O7S2/c1-3-22-37(23-21-27-13-11-15-29(24-27)38-47(42,43)31-17-7-5-8-18-31)26-34(40)35(36(41)46-37)33(4-2)28-14-12-16-30(25-28)39-48(44,45)32-19-9-6-10-20-32/h5-20,24-25,33,38-40H,3-4,21-23,26H2,1-2H3. The van der Waals surface area contributed by atoms with E-state index in [1.54, 1.807) is 78.9 Å². The molecule has 0 radical (unpaired) electrons. The number of anilines is 2. The van der Waals surface area contributed by atoms with Gasteiger partial charge in [0.05, 0.1) is 15.4 Å². The summed E-state index contributed by atoms with van der Waals surface area (Å²) in [5.74, 6) is -1.16. The van der Waals surface area contributed by atoms with Gasteiger partial charge in [-0.15, -0.1) is 0 Å². The van der Waals surface area contributed by atoms with Crippen molar-refractivity contribution in [1.29, 1.82) is 0 Å². The van der Waals surface area contributed by atoms with E-state index in [1.807, 2.05) is 19.9 Å². The van der Waals surface area contributed by atoms with Crippen molar-refractivity contribution in [2.45, 2.75) is 73.7 Å². The van der Waals surface area contributed by atoms with Crippen molar-refractivity contribution < 1.29 is 31.5 Å². The Morgan fingerprint density at radius 2 is 1.31 bits per heavy atom. The normalized spacial score (nSPS) is 17.4. The molecule has 0 bridgehead atoms. The Kier molecular flexibility index (Phi) is 10.6. The van der Waals surface area contributed by atoms with E-state index in [4.69, 9.17) is 4.74 Å². The van der Waals surface area contributed by atoms with Crippen LogP contribution in [0.1, 0.15) is 63.0 Å². The highest BCUT2D eigenvalue weighted by Gasteiger charge is 2.43. The summed E-state index contributed by atoms with van der Waals surface area (Å²) in [6.45, 7) is 3.88. The summed E-state index contributed by atoms with van der Waals surface area (Å²) in [6.07, 6.45) is 2.76. The van der Waals surface area contributed by atoms with Gasteiger partial charge in [0, 0.05) is 23.7 Å². The number of nitrogens with one attached hydrogen (secondary N) is 2. The topological polar surface area (TPSA) is 139 Å². The molecule has 0 spiro atoms. The maximum absolute atomic E-state index is 13.7. The second-order valence-corrected chi connectivity index (χ2v) is 15.3. The molecule has 1 heterocycles. The average Bonchev–Trinajstić information content (AvgIpc) is 3.06. The molecule has 0 aliphatic carbocycles. The summed E-state index contributed by atoms with van der Waals surface area (Å²) in [7, 11) is -7.58. The SMILES string of the molecule is CCCC1(CCc2cccc(NS(=O)(=O)c3ccccc3)c2)CC(O)=C(C(CC)c2cccc(NS(=O)(=O)c3ccccc3)c2)C(=O)O1. The van der Waals surface area contributed by atoms with E-state index in [0.717, 1.165) is 5.56 Å². The molecular formula is C37H40N2O7S2. The molecule has 0 aromatic heterocycles. The molecule has 11 heteroatoms. The van der Waals surface area contributed by atoms with Crippen LogP contribution in [0.5, 0.6) is 0 Å². The van der Waals surface area contributed by atoms with E-state index in [0.29, 0.717) is 49.0 Å². The summed E-state index contributed by atoms with van der Waals surface area (Å²) in [4.78, 5) is 14.0. The monoisotopic (exact) mass is 688 g/mol. The number of aryl methyl sites for hydroxylation is 1. The first-order valence-corrected chi connectivity index (χ1v) is 18.9. The zero-order valence-corrected chi connectivity index (χ0v) is 28.6. The van der Waals surface area contributed by atoms with Gasteiger partial charge in [-0.3, -0.25) is 9.44 Å². The van der Waals surface area contributed by atoms with E-state index >= 15 is 0 Å². The molecule has 0 fully saturated rings. The van der Waals surface area contributed by atoms with Crippen LogP contribution in [0, 0.1) is 0 Å². The highest BCUT2D eigenvalue weighted by Crippen LogP contribution is 2.42. The maximum Gasteiger partial charge on any atom is 0.338 e. The van der Waals surface area contributed by atoms with Crippen LogP contribution in [0.3, 0.4) is 0 Å². The summed E-state index contributed by atoms with van der Waals surface area (Å²) < 4.78 is 63.0. The number of aliphatic hydroxyl groups excluding tert-OH is 1. The molecule has 0 amide bonds. The average molecular weight is 689 g/mol. The highest BCUT2D eigenvalue weighted by atomic mass is 32.2. The second kappa shape index (κ2) is 14.7. The Labute approximate surface area is 282 Å². The Bertz CT molecular complexity index is 2000. The summed E-state index contributed by atoms with van der Waals surface area (Å²) in [6, 6.07) is 30.1. The molecule has 0 saturated carbocycles. The lowest BCUT2D eigenvalue weighted by atomic mass is 9.80. The van der Waals surface area contributed by atoms with Crippen molar-refractivity contribution in [3.63, 3.8) is 0 Å². The van der Waals surface area contributed by atoms with E-state index in [-0.39, 0.29) is 27.5 Å². The molecular weight excluding hydrogens is 649 g/mol. The third kappa shape index (κ3) is 8.08. The fraction of sp³-hybridized carbons (Fsp3) is 0.270. The predicted octanol–water partition coefficient (Wildman–Crippen LogP) is 7.71. The second-order valence-electron chi connectivity index (χ2n) is 12.0. The molecule has 1 aliphatic heterocycles. The number of cyclic esters (lactones) is 1. The Balaban J connectivity index is 1.33. The van der Waals surface area contributed by atoms with Gasteiger partial charge in [0.15, 0.2) is 0 Å². The number of benzene rings is 4. The minimum Gasteiger partial charge on any atom is -0.512 e. The third-order valence-electron chi connectivity index (χ3n) is 8.49. The van der Waals surface area contributed by atoms with Crippen molar-refractivity contribution in [2.24, 2.45) is 0 Å². The summed E-state index contributed by atoms with van der Waals surface area (Å²) >= 11 is 0. The minimum atomic E-state index is -3.82. The molecule has 48 heavy (non-hydrogen) atoms. The third-order valence-corrected chi connectivity index (χ3v) is 11.3. The van der Waals surface area contributed by atoms with Crippen LogP contribution in [0.15, 0.2) is 130 Å². The van der Waals surface area contributed by atoms with Crippen LogP contribution in [-0.4, -0.2) is 33.5 Å². The number of aliphatic hydroxyl groups is 1. The van der Waals surface area contributed by atoms with Crippen molar-refractivity contribution in [1.82, 2.24) is 0 Å². The first-order valence-electron chi connectivity index (χ1n) is 16.0. The van der Waals surface area contributed by atoms with Crippen molar-refractivity contribution in [2.75, 3.05) is 9.44 Å². The lowest BCUT2D eigenvalue weighted by molar-refractivity contribution is -0.161. The lowest BCUT2D eigenvalue weighted by Gasteiger charge is -2.38. The van der Waals surface area contributed by atoms with Gasteiger partial charge < -0.3 is 9.84 Å². The summed E-state index contributed by atoms with van der Waals surface area (Å²) in [5.41, 5.74) is 1.51. The fourth-order valence-corrected chi connectivity index (χ4v) is 8.37. The molecule has 252 valence electrons. The zero-order valence-electron chi connectivity index (χ0n) is 26.9. The number of rotatable bonds is 14. The van der Waals surface area contributed by atoms with E-state index in [1.165, 1.54) is 24.3 Å². The van der Waals surface area contributed by atoms with Crippen LogP contribution in [0.25, 0.3) is 0 Å². The van der Waals surface area contributed by atoms with Gasteiger partial charge in [0.2, 0.25) is 0 Å². The van der Waals surface area contributed by atoms with Gasteiger partial charge in [-0.05, 0) is 85.3 Å². The molecule has 9 nitrogen and oxygen atoms in total. The van der Waals surface area contributed by atoms with Gasteiger partial charge in [0.25, 0.3) is 20.0 Å². The fourth-order valence-electron chi connectivity index (χ4n) is 6.22. The number of esters is 1. The molecule has 2 atom stereocenters. The zero-order chi connectivity index (χ0) is 34.4. The first kappa shape index (κ1) is 34.7. The van der Waals surface area contributed by atoms with Crippen LogP contribution in [0.2, 0.25) is 0 Å². The van der Waals surface area contributed by atoms with Gasteiger partial charge in [0.1, 0.15) is 11.4 Å². The Morgan fingerprint density at radius 1 is 0.750 bits per heavy atom. The van der Waals surface area contributed by atoms with Gasteiger partial charge in [-0.2, -0.15) is 0 Å². The number of carbonyl (C=O) groups excluding carboxylic acids is 1. The maximum atomic E-state index is 13.7. The van der Waals surface area contributed by atoms with E-state index < -0.39 is 37.5 Å². The Hall–Kier alpha value is -4.61. The largest absolute Gasteiger partial charge is 0.512 e. The first-order chi connectivity index (χ1) is 22.9. The van der Waals surface area contributed by atoms with Crippen molar-refractivity contribution in [3.05, 3.63) is 132 Å². The minimum absolute atomic E-state index is 0.0359. The van der Waals surface area contributed by atoms with Crippen LogP contribution < -0.4 is 9.44 Å². The van der Waals surface area contributed by atoms with Gasteiger partial charge in [-0.1, -0.05) is 80.9 Å². The Morgan fingerprint density at radius 3 is 1.85 bits per heavy atom. The van der Waals surface area contributed by atoms with Gasteiger partial charge in [-0.25, -0.2) is 21.6 Å². The van der Waals surface area contributed by atoms with Crippen LogP contribution in [0.4, 0.5) is 11.4 Å². The van der Waals surface area contributed by atoms with Crippen LogP contribution >= 0.6 is 0 Å². The predicted molar refractivity (Wildman–Crippen MR) is 187 cm³/mol. The highest BCUT2D eigenvalue weighted by molar-refractivity contribution is 7.93. The number of ether oxygens (including phenoxy) is 1. The molecule has 1 aliphatic rings. The number of hydrogen-bond donors (Lipinski definition) is 3. The van der Waals surface area contributed by atoms with E-state index in [2.05, 4.69) is 9.44 Å². The molecule has 0 saturated heterocycles. The number of sulfonamides is 2. The van der Waals surface area contributed by atoms with Crippen molar-refractivity contribution in [3.8, 4) is 0 Å². The lowest BCUT2D eigenvalue weighted by Crippen LogP contribution is -2.41. The molecule has 5 rings (SSSR count). The molecule has 4 aromatic rings. The smallest absolute Gasteiger partial charge is 0.338 e. The molecule has 3 N–H and O–H groups in total. The number of hydrogen-bond acceptors (Lipinski definition) is 7. The number of carbonyl (C=O) groups is 1. The van der Waals surface area contributed by atoms with E-state index in [9.17, 15) is 26.7 Å². The summed E-state index contributed by atoms with van der Waals surface area (Å²) in [5, 5.41) is 11.4. The van der Waals surface area contributed by atoms with Crippen LogP contribution in [-0.2, 0) is 36.0 Å². The van der Waals surface area contributed by atoms with Crippen molar-refractivity contribution >= 4 is 37.4 Å². The molecule has 2 unspecified atom stereocenters. The molecule has 4 aromatic carbocycles.